The second-order valence-corrected chi connectivity index (χ2v) is 5.65. The quantitative estimate of drug-likeness (QED) is 0.764. The van der Waals surface area contributed by atoms with Crippen molar-refractivity contribution in [2.24, 2.45) is 5.41 Å². The molecule has 0 saturated heterocycles. The van der Waals surface area contributed by atoms with Crippen LogP contribution in [0.1, 0.15) is 33.1 Å². The molecule has 1 unspecified atom stereocenters. The summed E-state index contributed by atoms with van der Waals surface area (Å²) in [6, 6.07) is 5.78. The van der Waals surface area contributed by atoms with Crippen LogP contribution >= 0.6 is 11.6 Å². The fourth-order valence-electron chi connectivity index (χ4n) is 2.39. The van der Waals surface area contributed by atoms with Gasteiger partial charge < -0.3 is 10.4 Å². The highest BCUT2D eigenvalue weighted by Crippen LogP contribution is 2.39. The zero-order chi connectivity index (χ0) is 11.8. The number of phenols is 1. The van der Waals surface area contributed by atoms with Gasteiger partial charge in [0.1, 0.15) is 5.75 Å². The van der Waals surface area contributed by atoms with Crippen molar-refractivity contribution >= 4 is 17.3 Å². The minimum absolute atomic E-state index is 0.137. The lowest BCUT2D eigenvalue weighted by Gasteiger charge is -2.28. The van der Waals surface area contributed by atoms with Gasteiger partial charge in [0.15, 0.2) is 0 Å². The fraction of sp³-hybridized carbons (Fsp3) is 0.538. The summed E-state index contributed by atoms with van der Waals surface area (Å²) in [5.74, 6) is 0.137. The second-order valence-electron chi connectivity index (χ2n) is 5.24. The Kier molecular flexibility index (Phi) is 3.02. The topological polar surface area (TPSA) is 32.3 Å². The smallest absolute Gasteiger partial charge is 0.134 e. The molecule has 1 saturated carbocycles. The third kappa shape index (κ3) is 2.27. The van der Waals surface area contributed by atoms with Gasteiger partial charge in [0, 0.05) is 11.7 Å². The average molecular weight is 240 g/mol. The number of anilines is 1. The van der Waals surface area contributed by atoms with Gasteiger partial charge in [-0.25, -0.2) is 0 Å². The van der Waals surface area contributed by atoms with E-state index < -0.39 is 0 Å². The molecular formula is C13H18ClNO. The first-order chi connectivity index (χ1) is 7.49. The van der Waals surface area contributed by atoms with E-state index >= 15 is 0 Å². The van der Waals surface area contributed by atoms with Gasteiger partial charge in [-0.2, -0.15) is 0 Å². The number of halogens is 1. The van der Waals surface area contributed by atoms with Crippen LogP contribution in [0.5, 0.6) is 5.75 Å². The molecule has 0 bridgehead atoms. The Morgan fingerprint density at radius 3 is 2.75 bits per heavy atom. The lowest BCUT2D eigenvalue weighted by molar-refractivity contribution is 0.350. The standard InChI is InChI=1S/C13H18ClNO/c1-13(2)7-3-4-12(13)15-9-5-6-11(16)10(14)8-9/h5-6,8,12,15-16H,3-4,7H2,1-2H3. The zero-order valence-electron chi connectivity index (χ0n) is 9.76. The maximum Gasteiger partial charge on any atom is 0.134 e. The third-order valence-corrected chi connectivity index (χ3v) is 3.85. The molecule has 88 valence electrons. The number of aromatic hydroxyl groups is 1. The molecule has 1 aliphatic rings. The van der Waals surface area contributed by atoms with Crippen LogP contribution in [0.4, 0.5) is 5.69 Å². The minimum Gasteiger partial charge on any atom is -0.506 e. The first kappa shape index (κ1) is 11.6. The number of hydrogen-bond acceptors (Lipinski definition) is 2. The lowest BCUT2D eigenvalue weighted by Crippen LogP contribution is -2.30. The normalized spacial score (nSPS) is 23.3. The first-order valence-electron chi connectivity index (χ1n) is 5.74. The Morgan fingerprint density at radius 2 is 2.19 bits per heavy atom. The van der Waals surface area contributed by atoms with Crippen LogP contribution in [0.3, 0.4) is 0 Å². The summed E-state index contributed by atoms with van der Waals surface area (Å²) in [5, 5.41) is 13.3. The van der Waals surface area contributed by atoms with Crippen molar-refractivity contribution in [2.75, 3.05) is 5.32 Å². The van der Waals surface area contributed by atoms with E-state index in [9.17, 15) is 5.11 Å². The Balaban J connectivity index is 2.12. The van der Waals surface area contributed by atoms with E-state index in [1.807, 2.05) is 6.07 Å². The van der Waals surface area contributed by atoms with E-state index in [0.717, 1.165) is 5.69 Å². The Hall–Kier alpha value is -0.890. The molecule has 1 aromatic rings. The molecule has 1 aliphatic carbocycles. The van der Waals surface area contributed by atoms with Crippen molar-refractivity contribution < 1.29 is 5.11 Å². The molecule has 2 nitrogen and oxygen atoms in total. The molecule has 3 heteroatoms. The van der Waals surface area contributed by atoms with Gasteiger partial charge in [-0.1, -0.05) is 31.9 Å². The monoisotopic (exact) mass is 239 g/mol. The van der Waals surface area contributed by atoms with Crippen molar-refractivity contribution in [3.05, 3.63) is 23.2 Å². The van der Waals surface area contributed by atoms with Crippen molar-refractivity contribution in [2.45, 2.75) is 39.2 Å². The van der Waals surface area contributed by atoms with E-state index in [1.54, 1.807) is 12.1 Å². The molecule has 1 fully saturated rings. The molecule has 0 amide bonds. The van der Waals surface area contributed by atoms with Crippen LogP contribution < -0.4 is 5.32 Å². The highest BCUT2D eigenvalue weighted by atomic mass is 35.5. The maximum atomic E-state index is 9.35. The summed E-state index contributed by atoms with van der Waals surface area (Å²) in [7, 11) is 0. The number of rotatable bonds is 2. The largest absolute Gasteiger partial charge is 0.506 e. The Bertz CT molecular complexity index is 390. The molecule has 0 radical (unpaired) electrons. The minimum atomic E-state index is 0.137. The number of nitrogens with one attached hydrogen (secondary N) is 1. The van der Waals surface area contributed by atoms with Crippen molar-refractivity contribution in [1.29, 1.82) is 0 Å². The highest BCUT2D eigenvalue weighted by Gasteiger charge is 2.34. The van der Waals surface area contributed by atoms with E-state index in [2.05, 4.69) is 19.2 Å². The Labute approximate surface area is 102 Å². The molecule has 0 aromatic heterocycles. The SMILES string of the molecule is CC1(C)CCCC1Nc1ccc(O)c(Cl)c1. The molecule has 2 rings (SSSR count). The molecule has 1 atom stereocenters. The van der Waals surface area contributed by atoms with Crippen molar-refractivity contribution in [1.82, 2.24) is 0 Å². The number of hydrogen-bond donors (Lipinski definition) is 2. The van der Waals surface area contributed by atoms with Gasteiger partial charge in [0.25, 0.3) is 0 Å². The summed E-state index contributed by atoms with van der Waals surface area (Å²) in [6.07, 6.45) is 3.73. The van der Waals surface area contributed by atoms with E-state index in [4.69, 9.17) is 11.6 Å². The molecule has 0 heterocycles. The molecular weight excluding hydrogens is 222 g/mol. The van der Waals surface area contributed by atoms with E-state index in [1.165, 1.54) is 19.3 Å². The summed E-state index contributed by atoms with van der Waals surface area (Å²) >= 11 is 5.88. The van der Waals surface area contributed by atoms with Gasteiger partial charge in [-0.3, -0.25) is 0 Å². The predicted molar refractivity (Wildman–Crippen MR) is 68.2 cm³/mol. The predicted octanol–water partition coefficient (Wildman–Crippen LogP) is 4.04. The van der Waals surface area contributed by atoms with E-state index in [0.29, 0.717) is 16.5 Å². The van der Waals surface area contributed by atoms with Gasteiger partial charge >= 0.3 is 0 Å². The third-order valence-electron chi connectivity index (χ3n) is 3.55. The van der Waals surface area contributed by atoms with Crippen LogP contribution in [-0.4, -0.2) is 11.1 Å². The molecule has 0 spiro atoms. The molecule has 0 aliphatic heterocycles. The van der Waals surface area contributed by atoms with Crippen LogP contribution in [0.15, 0.2) is 18.2 Å². The number of phenolic OH excluding ortho intramolecular Hbond substituents is 1. The van der Waals surface area contributed by atoms with Crippen molar-refractivity contribution in [3.8, 4) is 5.75 Å². The van der Waals surface area contributed by atoms with Crippen LogP contribution in [-0.2, 0) is 0 Å². The first-order valence-corrected chi connectivity index (χ1v) is 6.12. The van der Waals surface area contributed by atoms with Gasteiger partial charge in [0.2, 0.25) is 0 Å². The maximum absolute atomic E-state index is 9.35. The molecule has 2 N–H and O–H groups in total. The summed E-state index contributed by atoms with van der Waals surface area (Å²) < 4.78 is 0. The van der Waals surface area contributed by atoms with Gasteiger partial charge in [-0.05, 0) is 36.5 Å². The molecule has 16 heavy (non-hydrogen) atoms. The van der Waals surface area contributed by atoms with Crippen LogP contribution in [0.2, 0.25) is 5.02 Å². The summed E-state index contributed by atoms with van der Waals surface area (Å²) in [5.41, 5.74) is 1.33. The lowest BCUT2D eigenvalue weighted by atomic mass is 9.87. The fourth-order valence-corrected chi connectivity index (χ4v) is 2.57. The average Bonchev–Trinajstić information content (AvgIpc) is 2.52. The number of benzene rings is 1. The Morgan fingerprint density at radius 1 is 1.44 bits per heavy atom. The van der Waals surface area contributed by atoms with Gasteiger partial charge in [-0.15, -0.1) is 0 Å². The van der Waals surface area contributed by atoms with Crippen molar-refractivity contribution in [3.63, 3.8) is 0 Å². The molecule has 1 aromatic carbocycles. The second kappa shape index (κ2) is 4.17. The summed E-state index contributed by atoms with van der Waals surface area (Å²) in [4.78, 5) is 0. The van der Waals surface area contributed by atoms with Crippen LogP contribution in [0, 0.1) is 5.41 Å². The van der Waals surface area contributed by atoms with Gasteiger partial charge in [0.05, 0.1) is 5.02 Å². The highest BCUT2D eigenvalue weighted by molar-refractivity contribution is 6.32. The summed E-state index contributed by atoms with van der Waals surface area (Å²) in [6.45, 7) is 4.58. The van der Waals surface area contributed by atoms with Crippen LogP contribution in [0.25, 0.3) is 0 Å². The van der Waals surface area contributed by atoms with E-state index in [-0.39, 0.29) is 5.75 Å². The zero-order valence-corrected chi connectivity index (χ0v) is 10.5.